The normalized spacial score (nSPS) is 28.9. The lowest BCUT2D eigenvalue weighted by Gasteiger charge is -2.45. The summed E-state index contributed by atoms with van der Waals surface area (Å²) in [6.07, 6.45) is 8.83. The number of thioether (sulfide) groups is 1. The van der Waals surface area contributed by atoms with E-state index in [1.807, 2.05) is 4.90 Å². The standard InChI is InChI=1S/C15H24N2O3S/c18-13(19)12-10-21-11-17(12)14(20)16-8-6-15(7-9-16)4-2-1-3-5-15/h12H,1-11H2,(H,18,19)/t12-/m0/s1. The maximum atomic E-state index is 12.6. The Morgan fingerprint density at radius 3 is 2.33 bits per heavy atom. The Balaban J connectivity index is 1.58. The summed E-state index contributed by atoms with van der Waals surface area (Å²) >= 11 is 1.53. The van der Waals surface area contributed by atoms with Gasteiger partial charge < -0.3 is 14.9 Å². The lowest BCUT2D eigenvalue weighted by Crippen LogP contribution is -2.52. The van der Waals surface area contributed by atoms with Gasteiger partial charge in [0.2, 0.25) is 0 Å². The zero-order valence-corrected chi connectivity index (χ0v) is 13.2. The molecule has 0 bridgehead atoms. The largest absolute Gasteiger partial charge is 0.480 e. The van der Waals surface area contributed by atoms with Crippen LogP contribution in [0, 0.1) is 5.41 Å². The van der Waals surface area contributed by atoms with Crippen LogP contribution in [-0.2, 0) is 4.79 Å². The van der Waals surface area contributed by atoms with Crippen molar-refractivity contribution >= 4 is 23.8 Å². The van der Waals surface area contributed by atoms with Crippen molar-refractivity contribution in [3.05, 3.63) is 0 Å². The fraction of sp³-hybridized carbons (Fsp3) is 0.867. The van der Waals surface area contributed by atoms with E-state index >= 15 is 0 Å². The van der Waals surface area contributed by atoms with E-state index < -0.39 is 12.0 Å². The first-order valence-electron chi connectivity index (χ1n) is 7.97. The molecule has 0 aromatic rings. The van der Waals surface area contributed by atoms with Gasteiger partial charge in [0.1, 0.15) is 6.04 Å². The zero-order valence-electron chi connectivity index (χ0n) is 12.4. The molecule has 2 amide bonds. The maximum absolute atomic E-state index is 12.6. The van der Waals surface area contributed by atoms with Crippen LogP contribution >= 0.6 is 11.8 Å². The van der Waals surface area contributed by atoms with E-state index in [2.05, 4.69) is 0 Å². The van der Waals surface area contributed by atoms with Crippen LogP contribution in [0.25, 0.3) is 0 Å². The molecule has 2 heterocycles. The van der Waals surface area contributed by atoms with Crippen LogP contribution in [0.2, 0.25) is 0 Å². The molecule has 0 aromatic carbocycles. The Kier molecular flexibility index (Phi) is 4.33. The van der Waals surface area contributed by atoms with Crippen LogP contribution in [0.5, 0.6) is 0 Å². The van der Waals surface area contributed by atoms with E-state index in [0.717, 1.165) is 25.9 Å². The molecule has 21 heavy (non-hydrogen) atoms. The molecule has 3 fully saturated rings. The Morgan fingerprint density at radius 1 is 1.05 bits per heavy atom. The minimum absolute atomic E-state index is 0.0712. The van der Waals surface area contributed by atoms with Crippen molar-refractivity contribution in [2.45, 2.75) is 51.0 Å². The molecule has 0 radical (unpaired) electrons. The average Bonchev–Trinajstić information content (AvgIpc) is 2.98. The number of urea groups is 1. The Labute approximate surface area is 130 Å². The smallest absolute Gasteiger partial charge is 0.327 e. The number of piperidine rings is 1. The van der Waals surface area contributed by atoms with Crippen LogP contribution < -0.4 is 0 Å². The third kappa shape index (κ3) is 3.00. The molecule has 3 aliphatic rings. The van der Waals surface area contributed by atoms with Gasteiger partial charge in [-0.15, -0.1) is 11.8 Å². The number of carboxylic acid groups (broad SMARTS) is 1. The number of nitrogens with zero attached hydrogens (tertiary/aromatic N) is 2. The number of amides is 2. The molecule has 0 unspecified atom stereocenters. The summed E-state index contributed by atoms with van der Waals surface area (Å²) in [5, 5.41) is 9.20. The summed E-state index contributed by atoms with van der Waals surface area (Å²) in [7, 11) is 0. The van der Waals surface area contributed by atoms with Gasteiger partial charge in [-0.05, 0) is 31.1 Å². The van der Waals surface area contributed by atoms with Crippen molar-refractivity contribution in [3.8, 4) is 0 Å². The Bertz CT molecular complexity index is 413. The SMILES string of the molecule is O=C(O)[C@@H]1CSCN1C(=O)N1CCC2(CCCCC2)CC1. The van der Waals surface area contributed by atoms with Gasteiger partial charge in [-0.25, -0.2) is 9.59 Å². The summed E-state index contributed by atoms with van der Waals surface area (Å²) in [5.74, 6) is 0.144. The second kappa shape index (κ2) is 6.07. The monoisotopic (exact) mass is 312 g/mol. The first-order chi connectivity index (χ1) is 10.1. The highest BCUT2D eigenvalue weighted by molar-refractivity contribution is 7.99. The van der Waals surface area contributed by atoms with Gasteiger partial charge in [0.15, 0.2) is 0 Å². The van der Waals surface area contributed by atoms with Gasteiger partial charge in [-0.3, -0.25) is 0 Å². The minimum Gasteiger partial charge on any atom is -0.480 e. The molecular weight excluding hydrogens is 288 g/mol. The van der Waals surface area contributed by atoms with Gasteiger partial charge in [-0.2, -0.15) is 0 Å². The van der Waals surface area contributed by atoms with Crippen LogP contribution in [0.15, 0.2) is 0 Å². The van der Waals surface area contributed by atoms with Crippen molar-refractivity contribution in [3.63, 3.8) is 0 Å². The molecule has 118 valence electrons. The van der Waals surface area contributed by atoms with Crippen molar-refractivity contribution in [1.82, 2.24) is 9.80 Å². The van der Waals surface area contributed by atoms with E-state index in [0.29, 0.717) is 17.0 Å². The molecular formula is C15H24N2O3S. The lowest BCUT2D eigenvalue weighted by atomic mass is 9.68. The highest BCUT2D eigenvalue weighted by Gasteiger charge is 2.41. The van der Waals surface area contributed by atoms with Crippen LogP contribution in [-0.4, -0.2) is 57.7 Å². The summed E-state index contributed by atoms with van der Waals surface area (Å²) in [6, 6.07) is -0.717. The first kappa shape index (κ1) is 15.0. The van der Waals surface area contributed by atoms with E-state index in [1.54, 1.807) is 0 Å². The number of hydrogen-bond donors (Lipinski definition) is 1. The topological polar surface area (TPSA) is 60.9 Å². The van der Waals surface area contributed by atoms with E-state index in [9.17, 15) is 14.7 Å². The number of aliphatic carboxylic acids is 1. The number of carboxylic acids is 1. The molecule has 2 aliphatic heterocycles. The quantitative estimate of drug-likeness (QED) is 0.808. The number of rotatable bonds is 1. The molecule has 1 saturated carbocycles. The molecule has 2 saturated heterocycles. The molecule has 3 rings (SSSR count). The van der Waals surface area contributed by atoms with E-state index in [1.165, 1.54) is 48.8 Å². The van der Waals surface area contributed by atoms with Crippen molar-refractivity contribution in [1.29, 1.82) is 0 Å². The maximum Gasteiger partial charge on any atom is 0.327 e. The van der Waals surface area contributed by atoms with Gasteiger partial charge >= 0.3 is 12.0 Å². The number of carbonyl (C=O) groups excluding carboxylic acids is 1. The lowest BCUT2D eigenvalue weighted by molar-refractivity contribution is -0.141. The van der Waals surface area contributed by atoms with Gasteiger partial charge in [0.25, 0.3) is 0 Å². The minimum atomic E-state index is -0.880. The van der Waals surface area contributed by atoms with Crippen LogP contribution in [0.4, 0.5) is 4.79 Å². The summed E-state index contributed by atoms with van der Waals surface area (Å²) in [6.45, 7) is 1.60. The molecule has 0 aromatic heterocycles. The highest BCUT2D eigenvalue weighted by Crippen LogP contribution is 2.44. The van der Waals surface area contributed by atoms with Crippen LogP contribution in [0.1, 0.15) is 44.9 Å². The van der Waals surface area contributed by atoms with Gasteiger partial charge in [0, 0.05) is 18.8 Å². The molecule has 5 nitrogen and oxygen atoms in total. The highest BCUT2D eigenvalue weighted by atomic mass is 32.2. The van der Waals surface area contributed by atoms with Crippen molar-refractivity contribution < 1.29 is 14.7 Å². The third-order valence-corrected chi connectivity index (χ3v) is 6.43. The Morgan fingerprint density at radius 2 is 1.71 bits per heavy atom. The molecule has 1 spiro atoms. The van der Waals surface area contributed by atoms with Crippen molar-refractivity contribution in [2.24, 2.45) is 5.41 Å². The summed E-state index contributed by atoms with van der Waals surface area (Å²) < 4.78 is 0. The second-order valence-electron chi connectivity index (χ2n) is 6.65. The molecule has 6 heteroatoms. The first-order valence-corrected chi connectivity index (χ1v) is 9.13. The fourth-order valence-corrected chi connectivity index (χ4v) is 5.13. The zero-order chi connectivity index (χ0) is 14.9. The summed E-state index contributed by atoms with van der Waals surface area (Å²) in [5.41, 5.74) is 0.473. The van der Waals surface area contributed by atoms with Gasteiger partial charge in [0.05, 0.1) is 5.88 Å². The number of carbonyl (C=O) groups is 2. The number of hydrogen-bond acceptors (Lipinski definition) is 3. The van der Waals surface area contributed by atoms with E-state index in [-0.39, 0.29) is 6.03 Å². The average molecular weight is 312 g/mol. The summed E-state index contributed by atoms with van der Waals surface area (Å²) in [4.78, 5) is 27.2. The third-order valence-electron chi connectivity index (χ3n) is 5.42. The predicted molar refractivity (Wildman–Crippen MR) is 82.3 cm³/mol. The number of likely N-dealkylation sites (tertiary alicyclic amines) is 1. The predicted octanol–water partition coefficient (Wildman–Crippen LogP) is 2.61. The molecule has 1 atom stereocenters. The van der Waals surface area contributed by atoms with Crippen LogP contribution in [0.3, 0.4) is 0 Å². The molecule has 1 N–H and O–H groups in total. The van der Waals surface area contributed by atoms with E-state index in [4.69, 9.17) is 0 Å². The Hall–Kier alpha value is -0.910. The molecule has 1 aliphatic carbocycles. The fourth-order valence-electron chi connectivity index (χ4n) is 3.99. The van der Waals surface area contributed by atoms with Gasteiger partial charge in [-0.1, -0.05) is 19.3 Å². The second-order valence-corrected chi connectivity index (χ2v) is 7.65. The van der Waals surface area contributed by atoms with Crippen molar-refractivity contribution in [2.75, 3.05) is 24.7 Å².